The second kappa shape index (κ2) is 10.6. The fraction of sp³-hybridized carbons (Fsp3) is 0.200. The van der Waals surface area contributed by atoms with E-state index in [1.54, 1.807) is 60.7 Å². The molecule has 9 heteroatoms. The van der Waals surface area contributed by atoms with Crippen LogP contribution in [0.1, 0.15) is 22.0 Å². The fourth-order valence-electron chi connectivity index (χ4n) is 3.67. The van der Waals surface area contributed by atoms with E-state index >= 15 is 0 Å². The zero-order valence-electron chi connectivity index (χ0n) is 18.3. The van der Waals surface area contributed by atoms with Crippen molar-refractivity contribution in [2.45, 2.75) is 6.10 Å². The summed E-state index contributed by atoms with van der Waals surface area (Å²) in [5.41, 5.74) is 1.01. The Hall–Kier alpha value is -4.24. The van der Waals surface area contributed by atoms with Crippen LogP contribution in [0.5, 0.6) is 0 Å². The van der Waals surface area contributed by atoms with Crippen LogP contribution in [-0.4, -0.2) is 43.1 Å². The van der Waals surface area contributed by atoms with Gasteiger partial charge < -0.3 is 19.7 Å². The van der Waals surface area contributed by atoms with Gasteiger partial charge in [0.05, 0.1) is 18.1 Å². The van der Waals surface area contributed by atoms with E-state index in [2.05, 4.69) is 5.32 Å². The molecular formula is C25H23N3O6. The maximum absolute atomic E-state index is 13.2. The number of benzene rings is 3. The van der Waals surface area contributed by atoms with Gasteiger partial charge in [0.2, 0.25) is 6.10 Å². The predicted molar refractivity (Wildman–Crippen MR) is 126 cm³/mol. The number of para-hydroxylation sites is 1. The van der Waals surface area contributed by atoms with Gasteiger partial charge in [-0.2, -0.15) is 0 Å². The molecule has 0 unspecified atom stereocenters. The maximum atomic E-state index is 13.2. The van der Waals surface area contributed by atoms with Crippen LogP contribution in [0.3, 0.4) is 0 Å². The minimum atomic E-state index is -1.31. The third-order valence-corrected chi connectivity index (χ3v) is 5.38. The first-order valence-electron chi connectivity index (χ1n) is 10.8. The van der Waals surface area contributed by atoms with Gasteiger partial charge in [-0.25, -0.2) is 4.79 Å². The average Bonchev–Trinajstić information content (AvgIpc) is 2.88. The van der Waals surface area contributed by atoms with Crippen molar-refractivity contribution in [2.75, 3.05) is 36.5 Å². The Labute approximate surface area is 196 Å². The number of esters is 1. The van der Waals surface area contributed by atoms with Gasteiger partial charge in [0, 0.05) is 36.1 Å². The molecule has 34 heavy (non-hydrogen) atoms. The molecule has 0 aromatic heterocycles. The fourth-order valence-corrected chi connectivity index (χ4v) is 3.67. The van der Waals surface area contributed by atoms with Gasteiger partial charge in [-0.1, -0.05) is 48.5 Å². The first kappa shape index (κ1) is 22.9. The molecule has 3 aromatic rings. The van der Waals surface area contributed by atoms with E-state index in [1.807, 2.05) is 11.0 Å². The third-order valence-electron chi connectivity index (χ3n) is 5.38. The summed E-state index contributed by atoms with van der Waals surface area (Å²) in [7, 11) is 0. The van der Waals surface area contributed by atoms with Gasteiger partial charge in [-0.15, -0.1) is 0 Å². The van der Waals surface area contributed by atoms with Crippen molar-refractivity contribution in [2.24, 2.45) is 0 Å². The Morgan fingerprint density at radius 2 is 1.62 bits per heavy atom. The highest BCUT2D eigenvalue weighted by Crippen LogP contribution is 2.29. The quantitative estimate of drug-likeness (QED) is 0.322. The molecule has 4 rings (SSSR count). The van der Waals surface area contributed by atoms with Crippen molar-refractivity contribution in [3.8, 4) is 0 Å². The number of nitro groups is 1. The lowest BCUT2D eigenvalue weighted by atomic mass is 10.1. The highest BCUT2D eigenvalue weighted by molar-refractivity contribution is 6.00. The second-order valence-electron chi connectivity index (χ2n) is 7.61. The lowest BCUT2D eigenvalue weighted by Gasteiger charge is -2.29. The van der Waals surface area contributed by atoms with Crippen molar-refractivity contribution in [3.05, 3.63) is 100 Å². The van der Waals surface area contributed by atoms with Crippen molar-refractivity contribution in [3.63, 3.8) is 0 Å². The molecule has 1 N–H and O–H groups in total. The monoisotopic (exact) mass is 461 g/mol. The normalized spacial score (nSPS) is 14.2. The number of carbonyl (C=O) groups excluding carboxylic acids is 2. The number of anilines is 2. The first-order valence-corrected chi connectivity index (χ1v) is 10.8. The number of amides is 1. The maximum Gasteiger partial charge on any atom is 0.346 e. The standard InChI is InChI=1S/C25H23N3O6/c29-24(26-19-9-5-2-6-10-19)23(18-7-3-1-4-8-18)34-25(30)21-17-20(11-12-22(21)28(31)32)27-13-15-33-16-14-27/h1-12,17,23H,13-16H2,(H,26,29)/t23-/m0/s1. The van der Waals surface area contributed by atoms with Crippen molar-refractivity contribution >= 4 is 28.9 Å². The number of nitro benzene ring substituents is 1. The van der Waals surface area contributed by atoms with Gasteiger partial charge >= 0.3 is 5.97 Å². The lowest BCUT2D eigenvalue weighted by Crippen LogP contribution is -2.36. The predicted octanol–water partition coefficient (Wildman–Crippen LogP) is 3.97. The largest absolute Gasteiger partial charge is 0.443 e. The summed E-state index contributed by atoms with van der Waals surface area (Å²) in [6.45, 7) is 2.23. The first-order chi connectivity index (χ1) is 16.5. The van der Waals surface area contributed by atoms with E-state index in [0.29, 0.717) is 43.2 Å². The number of hydrogen-bond acceptors (Lipinski definition) is 7. The number of nitrogens with zero attached hydrogens (tertiary/aromatic N) is 2. The SMILES string of the molecule is O=C(O[C@H](C(=O)Nc1ccccc1)c1ccccc1)c1cc(N2CCOCC2)ccc1[N+](=O)[O-]. The summed E-state index contributed by atoms with van der Waals surface area (Å²) in [5, 5.41) is 14.4. The van der Waals surface area contributed by atoms with Gasteiger partial charge in [0.15, 0.2) is 0 Å². The van der Waals surface area contributed by atoms with E-state index in [9.17, 15) is 19.7 Å². The molecule has 1 amide bonds. The van der Waals surface area contributed by atoms with E-state index in [0.717, 1.165) is 0 Å². The number of ether oxygens (including phenoxy) is 2. The van der Waals surface area contributed by atoms with Crippen LogP contribution >= 0.6 is 0 Å². The Morgan fingerprint density at radius 1 is 0.971 bits per heavy atom. The number of nitrogens with one attached hydrogen (secondary N) is 1. The van der Waals surface area contributed by atoms with E-state index in [-0.39, 0.29) is 5.56 Å². The molecule has 1 fully saturated rings. The highest BCUT2D eigenvalue weighted by Gasteiger charge is 2.30. The molecule has 1 aliphatic rings. The van der Waals surface area contributed by atoms with Crippen LogP contribution in [-0.2, 0) is 14.3 Å². The Balaban J connectivity index is 1.64. The minimum Gasteiger partial charge on any atom is -0.443 e. The molecule has 1 saturated heterocycles. The van der Waals surface area contributed by atoms with Gasteiger partial charge in [-0.3, -0.25) is 14.9 Å². The van der Waals surface area contributed by atoms with Gasteiger partial charge in [0.25, 0.3) is 11.6 Å². The minimum absolute atomic E-state index is 0.220. The van der Waals surface area contributed by atoms with Crippen LogP contribution in [0, 0.1) is 10.1 Å². The topological polar surface area (TPSA) is 111 Å². The molecule has 0 saturated carbocycles. The second-order valence-corrected chi connectivity index (χ2v) is 7.61. The average molecular weight is 461 g/mol. The third kappa shape index (κ3) is 5.38. The molecule has 0 bridgehead atoms. The zero-order valence-corrected chi connectivity index (χ0v) is 18.3. The summed E-state index contributed by atoms with van der Waals surface area (Å²) < 4.78 is 10.9. The number of hydrogen-bond donors (Lipinski definition) is 1. The van der Waals surface area contributed by atoms with Crippen molar-refractivity contribution < 1.29 is 24.0 Å². The van der Waals surface area contributed by atoms with Crippen LogP contribution in [0.2, 0.25) is 0 Å². The number of morpholine rings is 1. The lowest BCUT2D eigenvalue weighted by molar-refractivity contribution is -0.385. The van der Waals surface area contributed by atoms with E-state index in [4.69, 9.17) is 9.47 Å². The molecule has 1 heterocycles. The summed E-state index contributed by atoms with van der Waals surface area (Å²) in [4.78, 5) is 39.2. The summed E-state index contributed by atoms with van der Waals surface area (Å²) in [5.74, 6) is -1.53. The molecular weight excluding hydrogens is 438 g/mol. The van der Waals surface area contributed by atoms with Crippen LogP contribution in [0.25, 0.3) is 0 Å². The smallest absolute Gasteiger partial charge is 0.346 e. The molecule has 0 spiro atoms. The van der Waals surface area contributed by atoms with E-state index in [1.165, 1.54) is 12.1 Å². The molecule has 1 aliphatic heterocycles. The van der Waals surface area contributed by atoms with Gasteiger partial charge in [0.1, 0.15) is 5.56 Å². The van der Waals surface area contributed by atoms with Crippen molar-refractivity contribution in [1.29, 1.82) is 0 Å². The molecule has 0 radical (unpaired) electrons. The Kier molecular flexibility index (Phi) is 7.14. The molecule has 9 nitrogen and oxygen atoms in total. The number of rotatable bonds is 7. The van der Waals surface area contributed by atoms with E-state index < -0.39 is 28.6 Å². The van der Waals surface area contributed by atoms with Crippen LogP contribution in [0.4, 0.5) is 17.1 Å². The molecule has 0 aliphatic carbocycles. The van der Waals surface area contributed by atoms with Gasteiger partial charge in [-0.05, 0) is 24.3 Å². The molecule has 3 aromatic carbocycles. The summed E-state index contributed by atoms with van der Waals surface area (Å²) in [6, 6.07) is 21.6. The molecule has 174 valence electrons. The van der Waals surface area contributed by atoms with Crippen LogP contribution < -0.4 is 10.2 Å². The van der Waals surface area contributed by atoms with Crippen molar-refractivity contribution in [1.82, 2.24) is 0 Å². The number of carbonyl (C=O) groups is 2. The highest BCUT2D eigenvalue weighted by atomic mass is 16.6. The Morgan fingerprint density at radius 3 is 2.26 bits per heavy atom. The molecule has 1 atom stereocenters. The summed E-state index contributed by atoms with van der Waals surface area (Å²) >= 11 is 0. The van der Waals surface area contributed by atoms with Crippen LogP contribution in [0.15, 0.2) is 78.9 Å². The zero-order chi connectivity index (χ0) is 23.9. The Bertz CT molecular complexity index is 1160. The summed E-state index contributed by atoms with van der Waals surface area (Å²) in [6.07, 6.45) is -1.31.